The van der Waals surface area contributed by atoms with Gasteiger partial charge < -0.3 is 14.3 Å². The maximum Gasteiger partial charge on any atom is 0.346 e. The van der Waals surface area contributed by atoms with Crippen LogP contribution >= 0.6 is 0 Å². The van der Waals surface area contributed by atoms with E-state index in [1.54, 1.807) is 18.2 Å². The standard InChI is InChI=1S/C24H15NO4/c25-15-19(24(26)27)12-16-6-7-18-14-23(29-22(18)13-16)17-8-10-21(11-9-17)28-20-4-2-1-3-5-20/h1-14H,(H,26,27)/b19-12+. The molecule has 0 amide bonds. The highest BCUT2D eigenvalue weighted by Crippen LogP contribution is 2.31. The molecule has 4 aromatic rings. The van der Waals surface area contributed by atoms with Crippen LogP contribution in [0.5, 0.6) is 11.5 Å². The summed E-state index contributed by atoms with van der Waals surface area (Å²) in [5, 5.41) is 18.8. The number of rotatable bonds is 5. The molecule has 0 saturated carbocycles. The number of carbonyl (C=O) groups is 1. The van der Waals surface area contributed by atoms with E-state index in [1.165, 1.54) is 6.08 Å². The second-order valence-corrected chi connectivity index (χ2v) is 6.32. The average Bonchev–Trinajstić information content (AvgIpc) is 3.16. The maximum atomic E-state index is 11.0. The second-order valence-electron chi connectivity index (χ2n) is 6.32. The molecule has 0 radical (unpaired) electrons. The number of carboxylic acid groups (broad SMARTS) is 1. The Morgan fingerprint density at radius 1 is 0.966 bits per heavy atom. The monoisotopic (exact) mass is 381 g/mol. The van der Waals surface area contributed by atoms with Crippen LogP contribution in [0.15, 0.2) is 88.9 Å². The van der Waals surface area contributed by atoms with Crippen molar-refractivity contribution in [3.8, 4) is 28.9 Å². The van der Waals surface area contributed by atoms with Gasteiger partial charge >= 0.3 is 5.97 Å². The molecule has 5 nitrogen and oxygen atoms in total. The normalized spacial score (nSPS) is 11.2. The van der Waals surface area contributed by atoms with Crippen molar-refractivity contribution in [2.45, 2.75) is 0 Å². The van der Waals surface area contributed by atoms with E-state index in [9.17, 15) is 4.79 Å². The first-order valence-electron chi connectivity index (χ1n) is 8.84. The van der Waals surface area contributed by atoms with E-state index in [0.717, 1.165) is 22.4 Å². The summed E-state index contributed by atoms with van der Waals surface area (Å²) < 4.78 is 11.7. The lowest BCUT2D eigenvalue weighted by atomic mass is 10.1. The zero-order valence-corrected chi connectivity index (χ0v) is 15.2. The average molecular weight is 381 g/mol. The molecule has 4 rings (SSSR count). The fraction of sp³-hybridized carbons (Fsp3) is 0. The number of hydrogen-bond donors (Lipinski definition) is 1. The van der Waals surface area contributed by atoms with Crippen molar-refractivity contribution < 1.29 is 19.1 Å². The first-order valence-corrected chi connectivity index (χ1v) is 8.84. The Morgan fingerprint density at radius 2 is 1.69 bits per heavy atom. The molecule has 0 atom stereocenters. The van der Waals surface area contributed by atoms with Gasteiger partial charge in [0.25, 0.3) is 0 Å². The Kier molecular flexibility index (Phi) is 4.83. The van der Waals surface area contributed by atoms with Crippen LogP contribution in [0.3, 0.4) is 0 Å². The highest BCUT2D eigenvalue weighted by molar-refractivity contribution is 5.97. The molecule has 0 spiro atoms. The van der Waals surface area contributed by atoms with Crippen molar-refractivity contribution in [3.05, 3.63) is 90.0 Å². The van der Waals surface area contributed by atoms with Crippen LogP contribution in [-0.4, -0.2) is 11.1 Å². The van der Waals surface area contributed by atoms with E-state index < -0.39 is 5.97 Å². The molecule has 0 aliphatic heterocycles. The fourth-order valence-corrected chi connectivity index (χ4v) is 2.90. The molecule has 140 valence electrons. The van der Waals surface area contributed by atoms with Crippen LogP contribution in [0.4, 0.5) is 0 Å². The van der Waals surface area contributed by atoms with Gasteiger partial charge in [-0.25, -0.2) is 4.79 Å². The summed E-state index contributed by atoms with van der Waals surface area (Å²) in [6.45, 7) is 0. The summed E-state index contributed by atoms with van der Waals surface area (Å²) in [5.41, 5.74) is 1.76. The Bertz CT molecular complexity index is 1250. The number of hydrogen-bond acceptors (Lipinski definition) is 4. The highest BCUT2D eigenvalue weighted by atomic mass is 16.5. The Hall–Kier alpha value is -4.30. The van der Waals surface area contributed by atoms with Crippen LogP contribution in [0, 0.1) is 11.3 Å². The summed E-state index contributed by atoms with van der Waals surface area (Å²) in [6.07, 6.45) is 1.32. The molecular formula is C24H15NO4. The largest absolute Gasteiger partial charge is 0.477 e. The molecule has 3 aromatic carbocycles. The molecule has 0 aliphatic rings. The third-order valence-electron chi connectivity index (χ3n) is 4.32. The summed E-state index contributed by atoms with van der Waals surface area (Å²) in [5.74, 6) is 0.917. The van der Waals surface area contributed by atoms with Gasteiger partial charge in [0.05, 0.1) is 0 Å². The number of nitriles is 1. The van der Waals surface area contributed by atoms with Crippen molar-refractivity contribution in [3.63, 3.8) is 0 Å². The van der Waals surface area contributed by atoms with E-state index in [0.29, 0.717) is 16.9 Å². The fourth-order valence-electron chi connectivity index (χ4n) is 2.90. The van der Waals surface area contributed by atoms with Gasteiger partial charge in [0, 0.05) is 10.9 Å². The number of fused-ring (bicyclic) bond motifs is 1. The molecule has 1 aromatic heterocycles. The number of furan rings is 1. The number of aliphatic carboxylic acids is 1. The molecule has 5 heteroatoms. The first-order chi connectivity index (χ1) is 14.1. The number of nitrogens with zero attached hydrogens (tertiary/aromatic N) is 1. The van der Waals surface area contributed by atoms with Crippen LogP contribution in [0.1, 0.15) is 5.56 Å². The van der Waals surface area contributed by atoms with Gasteiger partial charge in [-0.2, -0.15) is 5.26 Å². The molecule has 0 aliphatic carbocycles. The molecule has 0 saturated heterocycles. The number of carboxylic acids is 1. The first kappa shape index (κ1) is 18.1. The molecule has 29 heavy (non-hydrogen) atoms. The predicted octanol–water partition coefficient (Wildman–Crippen LogP) is 5.88. The number of benzene rings is 3. The van der Waals surface area contributed by atoms with Gasteiger partial charge in [-0.05, 0) is 60.2 Å². The van der Waals surface area contributed by atoms with E-state index in [4.69, 9.17) is 19.5 Å². The van der Waals surface area contributed by atoms with Crippen molar-refractivity contribution in [1.82, 2.24) is 0 Å². The third-order valence-corrected chi connectivity index (χ3v) is 4.32. The summed E-state index contributed by atoms with van der Waals surface area (Å²) in [7, 11) is 0. The van der Waals surface area contributed by atoms with Crippen molar-refractivity contribution >= 4 is 23.0 Å². The molecule has 1 heterocycles. The minimum Gasteiger partial charge on any atom is -0.477 e. The smallest absolute Gasteiger partial charge is 0.346 e. The van der Waals surface area contributed by atoms with Gasteiger partial charge in [0.15, 0.2) is 0 Å². The van der Waals surface area contributed by atoms with Crippen molar-refractivity contribution in [1.29, 1.82) is 5.26 Å². The molecular weight excluding hydrogens is 366 g/mol. The molecule has 0 unspecified atom stereocenters. The quantitative estimate of drug-likeness (QED) is 0.344. The van der Waals surface area contributed by atoms with E-state index >= 15 is 0 Å². The van der Waals surface area contributed by atoms with Gasteiger partial charge in [-0.3, -0.25) is 0 Å². The summed E-state index contributed by atoms with van der Waals surface area (Å²) in [4.78, 5) is 11.0. The van der Waals surface area contributed by atoms with E-state index in [1.807, 2.05) is 66.7 Å². The van der Waals surface area contributed by atoms with Crippen LogP contribution in [0.2, 0.25) is 0 Å². The van der Waals surface area contributed by atoms with Crippen LogP contribution in [0.25, 0.3) is 28.4 Å². The predicted molar refractivity (Wildman–Crippen MR) is 109 cm³/mol. The van der Waals surface area contributed by atoms with Gasteiger partial charge in [0.2, 0.25) is 0 Å². The number of ether oxygens (including phenoxy) is 1. The molecule has 0 fully saturated rings. The minimum absolute atomic E-state index is 0.329. The lowest BCUT2D eigenvalue weighted by Gasteiger charge is -2.05. The van der Waals surface area contributed by atoms with Crippen LogP contribution < -0.4 is 4.74 Å². The molecule has 1 N–H and O–H groups in total. The van der Waals surface area contributed by atoms with Crippen molar-refractivity contribution in [2.75, 3.05) is 0 Å². The van der Waals surface area contributed by atoms with E-state index in [2.05, 4.69) is 0 Å². The zero-order valence-electron chi connectivity index (χ0n) is 15.2. The Labute approximate surface area is 166 Å². The SMILES string of the molecule is N#C/C(=C\c1ccc2cc(-c3ccc(Oc4ccccc4)cc3)oc2c1)C(=O)O. The summed E-state index contributed by atoms with van der Waals surface area (Å²) >= 11 is 0. The summed E-state index contributed by atoms with van der Waals surface area (Å²) in [6, 6.07) is 26.0. The highest BCUT2D eigenvalue weighted by Gasteiger charge is 2.09. The lowest BCUT2D eigenvalue weighted by molar-refractivity contribution is -0.132. The Morgan fingerprint density at radius 3 is 2.38 bits per heavy atom. The van der Waals surface area contributed by atoms with Gasteiger partial charge in [-0.15, -0.1) is 0 Å². The van der Waals surface area contributed by atoms with E-state index in [-0.39, 0.29) is 5.57 Å². The Balaban J connectivity index is 1.59. The topological polar surface area (TPSA) is 83.5 Å². The number of para-hydroxylation sites is 1. The molecule has 0 bridgehead atoms. The third kappa shape index (κ3) is 4.02. The lowest BCUT2D eigenvalue weighted by Crippen LogP contribution is -1.97. The second kappa shape index (κ2) is 7.75. The van der Waals surface area contributed by atoms with Gasteiger partial charge in [-0.1, -0.05) is 30.3 Å². The zero-order chi connectivity index (χ0) is 20.2. The minimum atomic E-state index is -1.26. The van der Waals surface area contributed by atoms with Gasteiger partial charge in [0.1, 0.15) is 34.5 Å². The maximum absolute atomic E-state index is 11.0. The van der Waals surface area contributed by atoms with Crippen LogP contribution in [-0.2, 0) is 4.79 Å². The van der Waals surface area contributed by atoms with Crippen molar-refractivity contribution in [2.24, 2.45) is 0 Å².